The van der Waals surface area contributed by atoms with Crippen LogP contribution in [0.15, 0.2) is 18.2 Å². The summed E-state index contributed by atoms with van der Waals surface area (Å²) in [5.74, 6) is 0.460. The molecule has 1 atom stereocenters. The van der Waals surface area contributed by atoms with Gasteiger partial charge in [0.15, 0.2) is 0 Å². The van der Waals surface area contributed by atoms with Crippen molar-refractivity contribution in [1.82, 2.24) is 0 Å². The Morgan fingerprint density at radius 1 is 1.59 bits per heavy atom. The molecule has 1 aromatic rings. The third-order valence-electron chi connectivity index (χ3n) is 2.48. The zero-order valence-corrected chi connectivity index (χ0v) is 9.97. The van der Waals surface area contributed by atoms with Crippen molar-refractivity contribution in [3.8, 4) is 5.75 Å². The molecule has 0 aromatic heterocycles. The number of anilines is 1. The van der Waals surface area contributed by atoms with E-state index in [1.54, 1.807) is 12.1 Å². The number of nitrogens with two attached hydrogens (primary N) is 1. The second-order valence-corrected chi connectivity index (χ2v) is 3.69. The number of methoxy groups -OCH3 is 1. The molecule has 0 aliphatic heterocycles. The fraction of sp³-hybridized carbons (Fsp3) is 0.455. The van der Waals surface area contributed by atoms with Crippen molar-refractivity contribution in [2.24, 2.45) is 5.73 Å². The predicted octanol–water partition coefficient (Wildman–Crippen LogP) is 1.75. The van der Waals surface area contributed by atoms with Gasteiger partial charge in [-0.15, -0.1) is 0 Å². The Hall–Kier alpha value is -1.82. The van der Waals surface area contributed by atoms with E-state index in [4.69, 9.17) is 10.5 Å². The van der Waals surface area contributed by atoms with Crippen LogP contribution in [0.2, 0.25) is 0 Å². The highest BCUT2D eigenvalue weighted by molar-refractivity contribution is 5.63. The van der Waals surface area contributed by atoms with E-state index in [2.05, 4.69) is 5.32 Å². The van der Waals surface area contributed by atoms with Gasteiger partial charge in [0.1, 0.15) is 11.4 Å². The maximum Gasteiger partial charge on any atom is 0.296 e. The molecular weight excluding hydrogens is 222 g/mol. The van der Waals surface area contributed by atoms with E-state index in [0.29, 0.717) is 18.0 Å². The number of benzene rings is 1. The minimum absolute atomic E-state index is 0.00680. The van der Waals surface area contributed by atoms with Gasteiger partial charge in [-0.3, -0.25) is 10.1 Å². The summed E-state index contributed by atoms with van der Waals surface area (Å²) >= 11 is 0. The number of rotatable bonds is 6. The van der Waals surface area contributed by atoms with E-state index in [9.17, 15) is 10.1 Å². The molecule has 0 saturated heterocycles. The Morgan fingerprint density at radius 2 is 2.29 bits per heavy atom. The molecule has 0 fully saturated rings. The maximum atomic E-state index is 10.9. The standard InChI is InChI=1S/C11H17N3O3/c1-3-8(12)7-13-10-5-4-9(17-2)6-11(10)14(15)16/h4-6,8,13H,3,7,12H2,1-2H3. The molecule has 0 aliphatic carbocycles. The van der Waals surface area contributed by atoms with Crippen LogP contribution in [0.4, 0.5) is 11.4 Å². The minimum Gasteiger partial charge on any atom is -0.496 e. The number of hydrogen-bond donors (Lipinski definition) is 2. The normalized spacial score (nSPS) is 11.9. The van der Waals surface area contributed by atoms with Crippen LogP contribution in [0.1, 0.15) is 13.3 Å². The highest BCUT2D eigenvalue weighted by Gasteiger charge is 2.15. The third-order valence-corrected chi connectivity index (χ3v) is 2.48. The summed E-state index contributed by atoms with van der Waals surface area (Å²) in [6.45, 7) is 2.47. The summed E-state index contributed by atoms with van der Waals surface area (Å²) in [5, 5.41) is 13.9. The van der Waals surface area contributed by atoms with Crippen LogP contribution in [0.3, 0.4) is 0 Å². The quantitative estimate of drug-likeness (QED) is 0.583. The van der Waals surface area contributed by atoms with Crippen LogP contribution >= 0.6 is 0 Å². The summed E-state index contributed by atoms with van der Waals surface area (Å²) in [7, 11) is 1.47. The number of nitrogens with one attached hydrogen (secondary N) is 1. The van der Waals surface area contributed by atoms with Gasteiger partial charge in [0.25, 0.3) is 5.69 Å². The highest BCUT2D eigenvalue weighted by Crippen LogP contribution is 2.28. The SMILES string of the molecule is CCC(N)CNc1ccc(OC)cc1[N+](=O)[O-]. The van der Waals surface area contributed by atoms with Crippen molar-refractivity contribution in [3.63, 3.8) is 0 Å². The Kier molecular flexibility index (Phi) is 4.71. The molecule has 6 nitrogen and oxygen atoms in total. The number of nitro benzene ring substituents is 1. The lowest BCUT2D eigenvalue weighted by Gasteiger charge is -2.12. The van der Waals surface area contributed by atoms with E-state index < -0.39 is 4.92 Å². The molecule has 0 spiro atoms. The summed E-state index contributed by atoms with van der Waals surface area (Å²) < 4.78 is 4.95. The molecule has 0 saturated carbocycles. The second kappa shape index (κ2) is 6.05. The van der Waals surface area contributed by atoms with Crippen LogP contribution in [-0.4, -0.2) is 24.6 Å². The van der Waals surface area contributed by atoms with Crippen LogP contribution < -0.4 is 15.8 Å². The first-order valence-electron chi connectivity index (χ1n) is 5.40. The molecule has 1 aromatic carbocycles. The lowest BCUT2D eigenvalue weighted by atomic mass is 10.2. The highest BCUT2D eigenvalue weighted by atomic mass is 16.6. The number of ether oxygens (including phenoxy) is 1. The first-order valence-corrected chi connectivity index (χ1v) is 5.40. The Labute approximate surface area is 99.9 Å². The molecule has 17 heavy (non-hydrogen) atoms. The van der Waals surface area contributed by atoms with E-state index in [0.717, 1.165) is 6.42 Å². The molecule has 0 heterocycles. The van der Waals surface area contributed by atoms with Crippen molar-refractivity contribution in [3.05, 3.63) is 28.3 Å². The number of nitrogens with zero attached hydrogens (tertiary/aromatic N) is 1. The molecule has 1 rings (SSSR count). The van der Waals surface area contributed by atoms with Crippen LogP contribution in [-0.2, 0) is 0 Å². The third kappa shape index (κ3) is 3.60. The van der Waals surface area contributed by atoms with Gasteiger partial charge in [-0.2, -0.15) is 0 Å². The van der Waals surface area contributed by atoms with Gasteiger partial charge >= 0.3 is 0 Å². The van der Waals surface area contributed by atoms with Gasteiger partial charge < -0.3 is 15.8 Å². The molecule has 3 N–H and O–H groups in total. The van der Waals surface area contributed by atoms with E-state index >= 15 is 0 Å². The molecule has 0 aliphatic rings. The lowest BCUT2D eigenvalue weighted by Crippen LogP contribution is -2.28. The topological polar surface area (TPSA) is 90.4 Å². The fourth-order valence-electron chi connectivity index (χ4n) is 1.32. The van der Waals surface area contributed by atoms with E-state index in [1.165, 1.54) is 13.2 Å². The molecule has 1 unspecified atom stereocenters. The largest absolute Gasteiger partial charge is 0.496 e. The first kappa shape index (κ1) is 13.2. The molecule has 94 valence electrons. The maximum absolute atomic E-state index is 10.9. The zero-order chi connectivity index (χ0) is 12.8. The molecule has 6 heteroatoms. The van der Waals surface area contributed by atoms with Crippen molar-refractivity contribution in [1.29, 1.82) is 0 Å². The summed E-state index contributed by atoms with van der Waals surface area (Å²) in [6.07, 6.45) is 0.816. The Bertz CT molecular complexity index is 396. The number of nitro groups is 1. The van der Waals surface area contributed by atoms with E-state index in [1.807, 2.05) is 6.92 Å². The van der Waals surface area contributed by atoms with Gasteiger partial charge in [-0.05, 0) is 18.6 Å². The molecular formula is C11H17N3O3. The summed E-state index contributed by atoms with van der Waals surface area (Å²) in [5.41, 5.74) is 6.20. The smallest absolute Gasteiger partial charge is 0.296 e. The van der Waals surface area contributed by atoms with Gasteiger partial charge in [0.2, 0.25) is 0 Å². The number of hydrogen-bond acceptors (Lipinski definition) is 5. The van der Waals surface area contributed by atoms with Gasteiger partial charge in [-0.1, -0.05) is 6.92 Å². The molecule has 0 bridgehead atoms. The summed E-state index contributed by atoms with van der Waals surface area (Å²) in [6, 6.07) is 4.67. The monoisotopic (exact) mass is 239 g/mol. The van der Waals surface area contributed by atoms with Crippen LogP contribution in [0.5, 0.6) is 5.75 Å². The van der Waals surface area contributed by atoms with Crippen LogP contribution in [0, 0.1) is 10.1 Å². The zero-order valence-electron chi connectivity index (χ0n) is 9.97. The van der Waals surface area contributed by atoms with Crippen molar-refractivity contribution in [2.45, 2.75) is 19.4 Å². The van der Waals surface area contributed by atoms with Crippen LogP contribution in [0.25, 0.3) is 0 Å². The molecule has 0 amide bonds. The van der Waals surface area contributed by atoms with Crippen molar-refractivity contribution < 1.29 is 9.66 Å². The van der Waals surface area contributed by atoms with Gasteiger partial charge in [0, 0.05) is 12.6 Å². The second-order valence-electron chi connectivity index (χ2n) is 3.69. The predicted molar refractivity (Wildman–Crippen MR) is 66.4 cm³/mol. The first-order chi connectivity index (χ1) is 8.08. The average molecular weight is 239 g/mol. The Balaban J connectivity index is 2.87. The van der Waals surface area contributed by atoms with Crippen molar-refractivity contribution >= 4 is 11.4 Å². The van der Waals surface area contributed by atoms with Crippen molar-refractivity contribution in [2.75, 3.05) is 19.0 Å². The minimum atomic E-state index is -0.442. The van der Waals surface area contributed by atoms with E-state index in [-0.39, 0.29) is 11.7 Å². The average Bonchev–Trinajstić information content (AvgIpc) is 2.35. The molecule has 0 radical (unpaired) electrons. The lowest BCUT2D eigenvalue weighted by molar-refractivity contribution is -0.384. The van der Waals surface area contributed by atoms with Gasteiger partial charge in [0.05, 0.1) is 18.1 Å². The fourth-order valence-corrected chi connectivity index (χ4v) is 1.32. The van der Waals surface area contributed by atoms with Gasteiger partial charge in [-0.25, -0.2) is 0 Å². The summed E-state index contributed by atoms with van der Waals surface area (Å²) in [4.78, 5) is 10.4. The Morgan fingerprint density at radius 3 is 2.82 bits per heavy atom.